The van der Waals surface area contributed by atoms with Gasteiger partial charge in [0.1, 0.15) is 5.75 Å². The second-order valence-electron chi connectivity index (χ2n) is 7.08. The van der Waals surface area contributed by atoms with Gasteiger partial charge in [-0.2, -0.15) is 0 Å². The molecule has 27 heavy (non-hydrogen) atoms. The van der Waals surface area contributed by atoms with Gasteiger partial charge in [0.05, 0.1) is 18.1 Å². The molecule has 138 valence electrons. The molecular formula is C21H22N4O2. The second kappa shape index (κ2) is 7.86. The molecule has 2 aromatic carbocycles. The third kappa shape index (κ3) is 5.28. The molecule has 3 aromatic rings. The Hall–Kier alpha value is -3.41. The first-order valence-electron chi connectivity index (χ1n) is 8.64. The number of nitrogens with one attached hydrogen (secondary N) is 2. The highest BCUT2D eigenvalue weighted by atomic mass is 16.5. The number of carbonyl (C=O) groups excluding carboxylic acids is 1. The van der Waals surface area contributed by atoms with Gasteiger partial charge in [-0.25, -0.2) is 14.8 Å². The number of amides is 2. The molecule has 0 spiro atoms. The smallest absolute Gasteiger partial charge is 0.323 e. The van der Waals surface area contributed by atoms with E-state index in [1.807, 2.05) is 54.6 Å². The molecule has 6 nitrogen and oxygen atoms in total. The first-order chi connectivity index (χ1) is 12.9. The standard InChI is InChI=1S/C21H22N4O2/c1-21(2,3)15-9-11-16(12-10-15)24-19(26)25-17-13-22-20(23-14-17)27-18-7-5-4-6-8-18/h4-14H,1-3H3,(H2,24,25,26). The number of para-hydroxylation sites is 1. The predicted molar refractivity (Wildman–Crippen MR) is 106 cm³/mol. The molecule has 0 atom stereocenters. The van der Waals surface area contributed by atoms with Crippen LogP contribution in [0.3, 0.4) is 0 Å². The molecule has 6 heteroatoms. The van der Waals surface area contributed by atoms with Crippen LogP contribution in [0.1, 0.15) is 26.3 Å². The first kappa shape index (κ1) is 18.4. The molecule has 3 rings (SSSR count). The number of anilines is 2. The van der Waals surface area contributed by atoms with Crippen molar-refractivity contribution in [2.45, 2.75) is 26.2 Å². The SMILES string of the molecule is CC(C)(C)c1ccc(NC(=O)Nc2cnc(Oc3ccccc3)nc2)cc1. The molecule has 0 radical (unpaired) electrons. The third-order valence-electron chi connectivity index (χ3n) is 3.85. The Balaban J connectivity index is 1.56. The van der Waals surface area contributed by atoms with E-state index in [0.717, 1.165) is 0 Å². The molecule has 1 heterocycles. The summed E-state index contributed by atoms with van der Waals surface area (Å²) in [6, 6.07) is 16.9. The van der Waals surface area contributed by atoms with Crippen LogP contribution >= 0.6 is 0 Å². The summed E-state index contributed by atoms with van der Waals surface area (Å²) in [5.74, 6) is 0.648. The van der Waals surface area contributed by atoms with Crippen LogP contribution in [0, 0.1) is 0 Å². The Morgan fingerprint density at radius 1 is 0.852 bits per heavy atom. The molecule has 0 aliphatic carbocycles. The minimum absolute atomic E-state index is 0.0711. The van der Waals surface area contributed by atoms with Crippen molar-refractivity contribution in [3.8, 4) is 11.8 Å². The molecule has 1 aromatic heterocycles. The largest absolute Gasteiger partial charge is 0.424 e. The van der Waals surface area contributed by atoms with E-state index in [1.165, 1.54) is 18.0 Å². The highest BCUT2D eigenvalue weighted by molar-refractivity contribution is 5.99. The van der Waals surface area contributed by atoms with Crippen LogP contribution < -0.4 is 15.4 Å². The molecule has 0 bridgehead atoms. The predicted octanol–water partition coefficient (Wildman–Crippen LogP) is 5.21. The van der Waals surface area contributed by atoms with E-state index in [-0.39, 0.29) is 17.5 Å². The zero-order valence-electron chi connectivity index (χ0n) is 15.6. The van der Waals surface area contributed by atoms with E-state index >= 15 is 0 Å². The molecule has 0 fully saturated rings. The van der Waals surface area contributed by atoms with E-state index in [2.05, 4.69) is 41.4 Å². The van der Waals surface area contributed by atoms with Gasteiger partial charge in [0, 0.05) is 5.69 Å². The highest BCUT2D eigenvalue weighted by Crippen LogP contribution is 2.23. The number of rotatable bonds is 4. The van der Waals surface area contributed by atoms with Crippen molar-refractivity contribution >= 4 is 17.4 Å². The Morgan fingerprint density at radius 3 is 2.04 bits per heavy atom. The summed E-state index contributed by atoms with van der Waals surface area (Å²) in [5.41, 5.74) is 2.46. The molecule has 2 N–H and O–H groups in total. The number of benzene rings is 2. The van der Waals surface area contributed by atoms with Crippen molar-refractivity contribution in [3.05, 3.63) is 72.6 Å². The summed E-state index contributed by atoms with van der Waals surface area (Å²) < 4.78 is 5.52. The maximum atomic E-state index is 12.1. The van der Waals surface area contributed by atoms with Crippen molar-refractivity contribution in [1.82, 2.24) is 9.97 Å². The number of urea groups is 1. The Labute approximate surface area is 158 Å². The number of hydrogen-bond donors (Lipinski definition) is 2. The van der Waals surface area contributed by atoms with Crippen LogP contribution in [0.15, 0.2) is 67.0 Å². The van der Waals surface area contributed by atoms with Gasteiger partial charge in [-0.3, -0.25) is 0 Å². The second-order valence-corrected chi connectivity index (χ2v) is 7.08. The average Bonchev–Trinajstić information content (AvgIpc) is 2.64. The monoisotopic (exact) mass is 362 g/mol. The van der Waals surface area contributed by atoms with Gasteiger partial charge in [-0.05, 0) is 35.2 Å². The molecule has 2 amide bonds. The van der Waals surface area contributed by atoms with E-state index in [1.54, 1.807) is 0 Å². The van der Waals surface area contributed by atoms with Crippen LogP contribution in [-0.4, -0.2) is 16.0 Å². The van der Waals surface area contributed by atoms with Crippen molar-refractivity contribution in [2.75, 3.05) is 10.6 Å². The zero-order valence-corrected chi connectivity index (χ0v) is 15.6. The van der Waals surface area contributed by atoms with Crippen LogP contribution in [0.5, 0.6) is 11.8 Å². The summed E-state index contributed by atoms with van der Waals surface area (Å²) in [7, 11) is 0. The van der Waals surface area contributed by atoms with Crippen LogP contribution in [0.4, 0.5) is 16.2 Å². The van der Waals surface area contributed by atoms with Gasteiger partial charge < -0.3 is 15.4 Å². The number of hydrogen-bond acceptors (Lipinski definition) is 4. The van der Waals surface area contributed by atoms with Crippen molar-refractivity contribution in [3.63, 3.8) is 0 Å². The molecular weight excluding hydrogens is 340 g/mol. The lowest BCUT2D eigenvalue weighted by molar-refractivity contribution is 0.262. The summed E-state index contributed by atoms with van der Waals surface area (Å²) in [4.78, 5) is 20.3. The van der Waals surface area contributed by atoms with Gasteiger partial charge in [0.25, 0.3) is 0 Å². The van der Waals surface area contributed by atoms with Crippen LogP contribution in [-0.2, 0) is 5.41 Å². The highest BCUT2D eigenvalue weighted by Gasteiger charge is 2.13. The maximum Gasteiger partial charge on any atom is 0.323 e. The Kier molecular flexibility index (Phi) is 5.35. The molecule has 0 aliphatic rings. The normalized spacial score (nSPS) is 10.9. The number of nitrogens with zero attached hydrogens (tertiary/aromatic N) is 2. The topological polar surface area (TPSA) is 76.1 Å². The minimum Gasteiger partial charge on any atom is -0.424 e. The lowest BCUT2D eigenvalue weighted by Crippen LogP contribution is -2.20. The van der Waals surface area contributed by atoms with E-state index in [4.69, 9.17) is 4.74 Å². The van der Waals surface area contributed by atoms with Gasteiger partial charge >= 0.3 is 12.0 Å². The molecule has 0 saturated carbocycles. The maximum absolute atomic E-state index is 12.1. The van der Waals surface area contributed by atoms with Gasteiger partial charge in [0.2, 0.25) is 0 Å². The van der Waals surface area contributed by atoms with Crippen molar-refractivity contribution in [2.24, 2.45) is 0 Å². The number of aromatic nitrogens is 2. The van der Waals surface area contributed by atoms with Crippen LogP contribution in [0.2, 0.25) is 0 Å². The van der Waals surface area contributed by atoms with Gasteiger partial charge in [-0.15, -0.1) is 0 Å². The summed E-state index contributed by atoms with van der Waals surface area (Å²) in [5, 5.41) is 5.48. The summed E-state index contributed by atoms with van der Waals surface area (Å²) >= 11 is 0. The van der Waals surface area contributed by atoms with E-state index in [9.17, 15) is 4.79 Å². The molecule has 0 saturated heterocycles. The third-order valence-corrected chi connectivity index (χ3v) is 3.85. The quantitative estimate of drug-likeness (QED) is 0.668. The average molecular weight is 362 g/mol. The zero-order chi connectivity index (χ0) is 19.3. The van der Waals surface area contributed by atoms with Gasteiger partial charge in [-0.1, -0.05) is 51.1 Å². The van der Waals surface area contributed by atoms with E-state index in [0.29, 0.717) is 17.1 Å². The number of ether oxygens (including phenoxy) is 1. The first-order valence-corrected chi connectivity index (χ1v) is 8.64. The van der Waals surface area contributed by atoms with Crippen LogP contribution in [0.25, 0.3) is 0 Å². The van der Waals surface area contributed by atoms with Crippen molar-refractivity contribution < 1.29 is 9.53 Å². The molecule has 0 unspecified atom stereocenters. The minimum atomic E-state index is -0.362. The summed E-state index contributed by atoms with van der Waals surface area (Å²) in [6.45, 7) is 6.44. The molecule has 0 aliphatic heterocycles. The Morgan fingerprint density at radius 2 is 1.44 bits per heavy atom. The fraction of sp³-hybridized carbons (Fsp3) is 0.190. The summed E-state index contributed by atoms with van der Waals surface area (Å²) in [6.07, 6.45) is 2.99. The van der Waals surface area contributed by atoms with Crippen molar-refractivity contribution in [1.29, 1.82) is 0 Å². The number of carbonyl (C=O) groups is 1. The van der Waals surface area contributed by atoms with E-state index < -0.39 is 0 Å². The van der Waals surface area contributed by atoms with Gasteiger partial charge in [0.15, 0.2) is 0 Å². The lowest BCUT2D eigenvalue weighted by atomic mass is 9.87. The lowest BCUT2D eigenvalue weighted by Gasteiger charge is -2.19. The fourth-order valence-corrected chi connectivity index (χ4v) is 2.37. The fourth-order valence-electron chi connectivity index (χ4n) is 2.37. The Bertz CT molecular complexity index is 886.